The molecule has 0 N–H and O–H groups in total. The van der Waals surface area contributed by atoms with Crippen molar-refractivity contribution in [3.05, 3.63) is 58.4 Å². The van der Waals surface area contributed by atoms with E-state index in [2.05, 4.69) is 18.8 Å². The molecule has 1 aromatic heterocycles. The molecular formula is C22H22N2O4S. The van der Waals surface area contributed by atoms with E-state index < -0.39 is 0 Å². The third kappa shape index (κ3) is 4.15. The first-order valence-electron chi connectivity index (χ1n) is 9.58. The molecule has 0 unspecified atom stereocenters. The van der Waals surface area contributed by atoms with Gasteiger partial charge in [-0.05, 0) is 36.2 Å². The van der Waals surface area contributed by atoms with E-state index in [-0.39, 0.29) is 23.0 Å². The average molecular weight is 410 g/mol. The van der Waals surface area contributed by atoms with Crippen molar-refractivity contribution >= 4 is 28.4 Å². The quantitative estimate of drug-likeness (QED) is 0.350. The maximum atomic E-state index is 13.0. The lowest BCUT2D eigenvalue weighted by Crippen LogP contribution is -2.25. The number of nitrogens with zero attached hydrogens (tertiary/aromatic N) is 2. The summed E-state index contributed by atoms with van der Waals surface area (Å²) in [5.41, 5.74) is 1.13. The molecule has 3 aromatic rings. The summed E-state index contributed by atoms with van der Waals surface area (Å²) < 4.78 is 12.7. The van der Waals surface area contributed by atoms with Crippen molar-refractivity contribution in [3.8, 4) is 11.5 Å². The van der Waals surface area contributed by atoms with Crippen molar-refractivity contribution < 1.29 is 14.3 Å². The third-order valence-corrected chi connectivity index (χ3v) is 5.55. The second-order valence-corrected chi connectivity index (χ2v) is 8.23. The van der Waals surface area contributed by atoms with E-state index in [4.69, 9.17) is 9.47 Å². The van der Waals surface area contributed by atoms with Crippen LogP contribution in [0.4, 0.5) is 0 Å². The summed E-state index contributed by atoms with van der Waals surface area (Å²) in [6.07, 6.45) is 0. The fraction of sp³-hybridized carbons (Fsp3) is 0.318. The SMILES string of the molecule is CC(C)Cn1c(SCC(=O)c2ccc3c(c2)OCCO3)nc2ccccc2c1=O. The Labute approximate surface area is 172 Å². The van der Waals surface area contributed by atoms with Crippen LogP contribution in [0.1, 0.15) is 24.2 Å². The first kappa shape index (κ1) is 19.5. The standard InChI is InChI=1S/C22H22N2O4S/c1-14(2)12-24-21(26)16-5-3-4-6-17(16)23-22(24)29-13-18(25)15-7-8-19-20(11-15)28-10-9-27-19/h3-8,11,14H,9-10,12-13H2,1-2H3. The van der Waals surface area contributed by atoms with Crippen molar-refractivity contribution in [1.29, 1.82) is 0 Å². The number of hydrogen-bond acceptors (Lipinski definition) is 6. The molecule has 0 amide bonds. The Balaban J connectivity index is 1.60. The highest BCUT2D eigenvalue weighted by Gasteiger charge is 2.17. The second-order valence-electron chi connectivity index (χ2n) is 7.29. The molecule has 0 atom stereocenters. The zero-order valence-corrected chi connectivity index (χ0v) is 17.2. The number of ether oxygens (including phenoxy) is 2. The van der Waals surface area contributed by atoms with Gasteiger partial charge in [-0.25, -0.2) is 4.98 Å². The number of fused-ring (bicyclic) bond motifs is 2. The molecule has 0 aliphatic carbocycles. The summed E-state index contributed by atoms with van der Waals surface area (Å²) in [5.74, 6) is 1.66. The molecule has 6 nitrogen and oxygen atoms in total. The number of aromatic nitrogens is 2. The lowest BCUT2D eigenvalue weighted by Gasteiger charge is -2.18. The highest BCUT2D eigenvalue weighted by molar-refractivity contribution is 7.99. The van der Waals surface area contributed by atoms with E-state index in [1.165, 1.54) is 11.8 Å². The van der Waals surface area contributed by atoms with E-state index in [1.54, 1.807) is 28.8 Å². The summed E-state index contributed by atoms with van der Waals surface area (Å²) in [5, 5.41) is 1.16. The van der Waals surface area contributed by atoms with Gasteiger partial charge in [0.05, 0.1) is 16.7 Å². The van der Waals surface area contributed by atoms with E-state index >= 15 is 0 Å². The van der Waals surface area contributed by atoms with Gasteiger partial charge in [-0.2, -0.15) is 0 Å². The fourth-order valence-corrected chi connectivity index (χ4v) is 4.12. The van der Waals surface area contributed by atoms with Gasteiger partial charge in [0.2, 0.25) is 0 Å². The van der Waals surface area contributed by atoms with Crippen LogP contribution in [-0.4, -0.2) is 34.3 Å². The van der Waals surface area contributed by atoms with Gasteiger partial charge < -0.3 is 9.47 Å². The molecule has 7 heteroatoms. The Hall–Kier alpha value is -2.80. The Morgan fingerprint density at radius 2 is 1.90 bits per heavy atom. The van der Waals surface area contributed by atoms with Gasteiger partial charge in [-0.3, -0.25) is 14.2 Å². The second kappa shape index (κ2) is 8.29. The number of thioether (sulfide) groups is 1. The third-order valence-electron chi connectivity index (χ3n) is 4.57. The monoisotopic (exact) mass is 410 g/mol. The number of carbonyl (C=O) groups excluding carboxylic acids is 1. The van der Waals surface area contributed by atoms with Crippen LogP contribution in [0, 0.1) is 5.92 Å². The maximum absolute atomic E-state index is 13.0. The molecule has 0 radical (unpaired) electrons. The van der Waals surface area contributed by atoms with Gasteiger partial charge in [0.1, 0.15) is 13.2 Å². The molecule has 1 aliphatic rings. The molecule has 150 valence electrons. The summed E-state index contributed by atoms with van der Waals surface area (Å²) in [4.78, 5) is 30.4. The van der Waals surface area contributed by atoms with Crippen LogP contribution in [0.15, 0.2) is 52.4 Å². The highest BCUT2D eigenvalue weighted by atomic mass is 32.2. The van der Waals surface area contributed by atoms with Gasteiger partial charge in [-0.1, -0.05) is 37.7 Å². The van der Waals surface area contributed by atoms with E-state index in [0.717, 1.165) is 0 Å². The Morgan fingerprint density at radius 1 is 1.14 bits per heavy atom. The molecule has 2 aromatic carbocycles. The Morgan fingerprint density at radius 3 is 2.69 bits per heavy atom. The molecule has 0 spiro atoms. The van der Waals surface area contributed by atoms with Crippen LogP contribution in [0.5, 0.6) is 11.5 Å². The zero-order valence-electron chi connectivity index (χ0n) is 16.4. The summed E-state index contributed by atoms with van der Waals surface area (Å²) in [6.45, 7) is 5.64. The number of Topliss-reactive ketones (excluding diaryl/α,β-unsaturated/α-hetero) is 1. The largest absolute Gasteiger partial charge is 0.486 e. The maximum Gasteiger partial charge on any atom is 0.262 e. The minimum atomic E-state index is -0.0708. The molecule has 1 aliphatic heterocycles. The first-order chi connectivity index (χ1) is 14.0. The molecule has 0 saturated heterocycles. The van der Waals surface area contributed by atoms with Gasteiger partial charge in [0.15, 0.2) is 22.4 Å². The zero-order chi connectivity index (χ0) is 20.4. The molecule has 29 heavy (non-hydrogen) atoms. The summed E-state index contributed by atoms with van der Waals surface area (Å²) >= 11 is 1.29. The van der Waals surface area contributed by atoms with Crippen LogP contribution >= 0.6 is 11.8 Å². The van der Waals surface area contributed by atoms with E-state index in [9.17, 15) is 9.59 Å². The molecule has 4 rings (SSSR count). The van der Waals surface area contributed by atoms with Crippen LogP contribution in [0.3, 0.4) is 0 Å². The topological polar surface area (TPSA) is 70.4 Å². The molecule has 0 bridgehead atoms. The van der Waals surface area contributed by atoms with Crippen LogP contribution in [-0.2, 0) is 6.54 Å². The van der Waals surface area contributed by atoms with Crippen LogP contribution < -0.4 is 15.0 Å². The van der Waals surface area contributed by atoms with Crippen molar-refractivity contribution in [2.24, 2.45) is 5.92 Å². The smallest absolute Gasteiger partial charge is 0.262 e. The molecule has 0 saturated carbocycles. The van der Waals surface area contributed by atoms with Crippen molar-refractivity contribution in [2.75, 3.05) is 19.0 Å². The number of rotatable bonds is 6. The predicted octanol–water partition coefficient (Wildman–Crippen LogP) is 3.80. The number of carbonyl (C=O) groups is 1. The van der Waals surface area contributed by atoms with Gasteiger partial charge in [0.25, 0.3) is 5.56 Å². The fourth-order valence-electron chi connectivity index (χ4n) is 3.21. The number of ketones is 1. The molecule has 2 heterocycles. The van der Waals surface area contributed by atoms with Crippen LogP contribution in [0.25, 0.3) is 10.9 Å². The number of benzene rings is 2. The Kier molecular flexibility index (Phi) is 5.58. The lowest BCUT2D eigenvalue weighted by molar-refractivity contribution is 0.102. The normalized spacial score (nSPS) is 13.1. The summed E-state index contributed by atoms with van der Waals surface area (Å²) in [6, 6.07) is 12.5. The molecular weight excluding hydrogens is 388 g/mol. The van der Waals surface area contributed by atoms with Crippen molar-refractivity contribution in [2.45, 2.75) is 25.5 Å². The highest BCUT2D eigenvalue weighted by Crippen LogP contribution is 2.31. The van der Waals surface area contributed by atoms with Crippen molar-refractivity contribution in [1.82, 2.24) is 9.55 Å². The van der Waals surface area contributed by atoms with Crippen molar-refractivity contribution in [3.63, 3.8) is 0 Å². The first-order valence-corrected chi connectivity index (χ1v) is 10.6. The van der Waals surface area contributed by atoms with E-state index in [0.29, 0.717) is 52.9 Å². The van der Waals surface area contributed by atoms with Crippen LogP contribution in [0.2, 0.25) is 0 Å². The Bertz CT molecular complexity index is 1120. The minimum Gasteiger partial charge on any atom is -0.486 e. The van der Waals surface area contributed by atoms with Gasteiger partial charge in [-0.15, -0.1) is 0 Å². The van der Waals surface area contributed by atoms with E-state index in [1.807, 2.05) is 18.2 Å². The molecule has 0 fully saturated rings. The lowest BCUT2D eigenvalue weighted by atomic mass is 10.1. The van der Waals surface area contributed by atoms with Gasteiger partial charge >= 0.3 is 0 Å². The summed E-state index contributed by atoms with van der Waals surface area (Å²) in [7, 11) is 0. The average Bonchev–Trinajstić information content (AvgIpc) is 2.73. The van der Waals surface area contributed by atoms with Gasteiger partial charge in [0, 0.05) is 12.1 Å². The minimum absolute atomic E-state index is 0.0505. The number of para-hydroxylation sites is 1. The predicted molar refractivity (Wildman–Crippen MR) is 113 cm³/mol. The number of hydrogen-bond donors (Lipinski definition) is 0.